The van der Waals surface area contributed by atoms with Gasteiger partial charge in [0.2, 0.25) is 5.91 Å². The molecule has 0 bridgehead atoms. The predicted molar refractivity (Wildman–Crippen MR) is 141 cm³/mol. The highest BCUT2D eigenvalue weighted by Gasteiger charge is 2.33. The lowest BCUT2D eigenvalue weighted by molar-refractivity contribution is -0.121. The predicted octanol–water partition coefficient (Wildman–Crippen LogP) is 6.36. The minimum Gasteiger partial charge on any atom is -0.497 e. The van der Waals surface area contributed by atoms with E-state index in [1.807, 2.05) is 79.0 Å². The molecule has 0 radical (unpaired) electrons. The monoisotopic (exact) mass is 474 g/mol. The van der Waals surface area contributed by atoms with Crippen LogP contribution in [0.5, 0.6) is 17.2 Å². The lowest BCUT2D eigenvalue weighted by Gasteiger charge is -2.28. The number of hydrogen-bond acceptors (Lipinski definition) is 3. The molecule has 178 valence electrons. The molecule has 0 saturated heterocycles. The first kappa shape index (κ1) is 22.0. The van der Waals surface area contributed by atoms with Gasteiger partial charge < -0.3 is 19.8 Å². The molecule has 0 saturated carbocycles. The van der Waals surface area contributed by atoms with Gasteiger partial charge in [0, 0.05) is 40.7 Å². The summed E-state index contributed by atoms with van der Waals surface area (Å²) in [6.45, 7) is 0.453. The van der Waals surface area contributed by atoms with Crippen LogP contribution >= 0.6 is 0 Å². The number of nitrogens with one attached hydrogen (secondary N) is 2. The van der Waals surface area contributed by atoms with Crippen LogP contribution in [0.25, 0.3) is 10.9 Å². The fourth-order valence-electron chi connectivity index (χ4n) is 5.12. The molecule has 2 N–H and O–H groups in total. The summed E-state index contributed by atoms with van der Waals surface area (Å²) in [5.41, 5.74) is 5.07. The SMILES string of the molecule is COc1ccc(C(CNC(=O)C2c3ccccc3Oc3ccccc32)c2c[nH]c3ccccc23)cc1. The van der Waals surface area contributed by atoms with Gasteiger partial charge in [-0.25, -0.2) is 0 Å². The lowest BCUT2D eigenvalue weighted by Crippen LogP contribution is -2.34. The summed E-state index contributed by atoms with van der Waals surface area (Å²) in [4.78, 5) is 17.2. The van der Waals surface area contributed by atoms with E-state index in [1.54, 1.807) is 7.11 Å². The van der Waals surface area contributed by atoms with E-state index in [2.05, 4.69) is 34.6 Å². The van der Waals surface area contributed by atoms with Gasteiger partial charge in [-0.15, -0.1) is 0 Å². The minimum atomic E-state index is -0.439. The molecule has 1 atom stereocenters. The lowest BCUT2D eigenvalue weighted by atomic mass is 9.86. The summed E-state index contributed by atoms with van der Waals surface area (Å²) in [5.74, 6) is 1.72. The molecule has 1 aliphatic rings. The molecule has 0 fully saturated rings. The van der Waals surface area contributed by atoms with Crippen molar-refractivity contribution in [3.63, 3.8) is 0 Å². The van der Waals surface area contributed by atoms with Crippen molar-refractivity contribution in [2.45, 2.75) is 11.8 Å². The number of amides is 1. The molecule has 36 heavy (non-hydrogen) atoms. The van der Waals surface area contributed by atoms with Crippen molar-refractivity contribution >= 4 is 16.8 Å². The van der Waals surface area contributed by atoms with Crippen LogP contribution in [0.4, 0.5) is 0 Å². The number of aromatic amines is 1. The maximum absolute atomic E-state index is 13.8. The molecule has 0 spiro atoms. The number of H-pyrrole nitrogens is 1. The number of methoxy groups -OCH3 is 1. The zero-order valence-electron chi connectivity index (χ0n) is 19.9. The van der Waals surface area contributed by atoms with E-state index in [1.165, 1.54) is 0 Å². The molecule has 1 aliphatic heterocycles. The number of ether oxygens (including phenoxy) is 2. The molecule has 5 aromatic rings. The fourth-order valence-corrected chi connectivity index (χ4v) is 5.12. The fraction of sp³-hybridized carbons (Fsp3) is 0.129. The molecule has 5 nitrogen and oxygen atoms in total. The first-order chi connectivity index (χ1) is 17.7. The number of hydrogen-bond donors (Lipinski definition) is 2. The van der Waals surface area contributed by atoms with Crippen LogP contribution in [0.2, 0.25) is 0 Å². The molecule has 4 aromatic carbocycles. The van der Waals surface area contributed by atoms with Crippen molar-refractivity contribution in [2.75, 3.05) is 13.7 Å². The third-order valence-corrected chi connectivity index (χ3v) is 6.94. The molecule has 0 aliphatic carbocycles. The molecule has 1 amide bonds. The topological polar surface area (TPSA) is 63.4 Å². The van der Waals surface area contributed by atoms with Gasteiger partial charge in [0.15, 0.2) is 0 Å². The van der Waals surface area contributed by atoms with Gasteiger partial charge in [0.25, 0.3) is 0 Å². The highest BCUT2D eigenvalue weighted by atomic mass is 16.5. The average Bonchev–Trinajstić information content (AvgIpc) is 3.36. The van der Waals surface area contributed by atoms with Crippen LogP contribution in [-0.4, -0.2) is 24.5 Å². The summed E-state index contributed by atoms with van der Waals surface area (Å²) in [7, 11) is 1.66. The van der Waals surface area contributed by atoms with Crippen molar-refractivity contribution in [1.82, 2.24) is 10.3 Å². The first-order valence-corrected chi connectivity index (χ1v) is 12.1. The van der Waals surface area contributed by atoms with E-state index in [0.29, 0.717) is 6.54 Å². The Hall–Kier alpha value is -4.51. The van der Waals surface area contributed by atoms with Crippen LogP contribution in [0.15, 0.2) is 103 Å². The zero-order valence-corrected chi connectivity index (χ0v) is 19.9. The van der Waals surface area contributed by atoms with E-state index >= 15 is 0 Å². The van der Waals surface area contributed by atoms with Crippen molar-refractivity contribution in [2.24, 2.45) is 0 Å². The van der Waals surface area contributed by atoms with E-state index in [9.17, 15) is 4.79 Å². The van der Waals surface area contributed by atoms with Gasteiger partial charge in [-0.05, 0) is 41.5 Å². The van der Waals surface area contributed by atoms with Gasteiger partial charge in [0.1, 0.15) is 17.2 Å². The maximum Gasteiger partial charge on any atom is 0.232 e. The van der Waals surface area contributed by atoms with E-state index in [0.717, 1.165) is 50.4 Å². The molecular formula is C31H26N2O3. The normalized spacial score (nSPS) is 13.4. The van der Waals surface area contributed by atoms with Crippen LogP contribution in [-0.2, 0) is 4.79 Å². The number of fused-ring (bicyclic) bond motifs is 3. The minimum absolute atomic E-state index is 0.0404. The van der Waals surface area contributed by atoms with Crippen molar-refractivity contribution in [3.05, 3.63) is 126 Å². The van der Waals surface area contributed by atoms with Gasteiger partial charge in [-0.1, -0.05) is 66.7 Å². The summed E-state index contributed by atoms with van der Waals surface area (Å²) < 4.78 is 11.5. The maximum atomic E-state index is 13.8. The third-order valence-electron chi connectivity index (χ3n) is 6.94. The van der Waals surface area contributed by atoms with Crippen molar-refractivity contribution in [3.8, 4) is 17.2 Å². The van der Waals surface area contributed by atoms with Crippen LogP contribution in [0.1, 0.15) is 34.1 Å². The molecule has 1 aromatic heterocycles. The summed E-state index contributed by atoms with van der Waals surface area (Å²) in [5, 5.41) is 4.42. The van der Waals surface area contributed by atoms with Gasteiger partial charge in [-0.2, -0.15) is 0 Å². The molecule has 6 rings (SSSR count). The highest BCUT2D eigenvalue weighted by Crippen LogP contribution is 2.44. The van der Waals surface area contributed by atoms with E-state index in [4.69, 9.17) is 9.47 Å². The second kappa shape index (κ2) is 9.27. The van der Waals surface area contributed by atoms with Gasteiger partial charge in [-0.3, -0.25) is 4.79 Å². The Morgan fingerprint density at radius 2 is 1.53 bits per heavy atom. The van der Waals surface area contributed by atoms with Crippen LogP contribution in [0, 0.1) is 0 Å². The summed E-state index contributed by atoms with van der Waals surface area (Å²) in [6, 6.07) is 31.8. The second-order valence-corrected chi connectivity index (χ2v) is 8.97. The summed E-state index contributed by atoms with van der Waals surface area (Å²) in [6.07, 6.45) is 2.05. The first-order valence-electron chi connectivity index (χ1n) is 12.1. The van der Waals surface area contributed by atoms with E-state index in [-0.39, 0.29) is 11.8 Å². The average molecular weight is 475 g/mol. The third kappa shape index (κ3) is 3.89. The standard InChI is InChI=1S/C31H26N2O3/c1-35-21-16-14-20(15-17-21)25(26-19-32-27-11-5-2-8-22(26)27)18-33-31(34)30-23-9-3-6-12-28(23)36-29-13-7-4-10-24(29)30/h2-17,19,25,30,32H,18H2,1H3,(H,33,34). The number of benzene rings is 4. The zero-order chi connectivity index (χ0) is 24.5. The molecule has 1 unspecified atom stereocenters. The number of rotatable bonds is 6. The number of para-hydroxylation sites is 3. The largest absolute Gasteiger partial charge is 0.497 e. The summed E-state index contributed by atoms with van der Waals surface area (Å²) >= 11 is 0. The Morgan fingerprint density at radius 1 is 0.889 bits per heavy atom. The molecule has 2 heterocycles. The van der Waals surface area contributed by atoms with Gasteiger partial charge >= 0.3 is 0 Å². The Labute approximate surface area is 209 Å². The molecule has 5 heteroatoms. The second-order valence-electron chi connectivity index (χ2n) is 8.97. The number of aromatic nitrogens is 1. The van der Waals surface area contributed by atoms with E-state index < -0.39 is 5.92 Å². The highest BCUT2D eigenvalue weighted by molar-refractivity contribution is 5.90. The number of carbonyl (C=O) groups excluding carboxylic acids is 1. The Balaban J connectivity index is 1.35. The van der Waals surface area contributed by atoms with Gasteiger partial charge in [0.05, 0.1) is 13.0 Å². The van der Waals surface area contributed by atoms with Crippen molar-refractivity contribution < 1.29 is 14.3 Å². The Morgan fingerprint density at radius 3 is 2.22 bits per heavy atom. The number of carbonyl (C=O) groups is 1. The van der Waals surface area contributed by atoms with Crippen molar-refractivity contribution in [1.29, 1.82) is 0 Å². The van der Waals surface area contributed by atoms with Crippen LogP contribution in [0.3, 0.4) is 0 Å². The Bertz CT molecular complexity index is 1490. The Kier molecular flexibility index (Phi) is 5.66. The molecular weight excluding hydrogens is 448 g/mol. The quantitative estimate of drug-likeness (QED) is 0.301. The van der Waals surface area contributed by atoms with Crippen LogP contribution < -0.4 is 14.8 Å². The smallest absolute Gasteiger partial charge is 0.232 e.